The molecule has 2 aliphatic heterocycles. The fraction of sp³-hybridized carbons (Fsp3) is 0.706. The summed E-state index contributed by atoms with van der Waals surface area (Å²) in [4.78, 5) is 22.2. The zero-order valence-electron chi connectivity index (χ0n) is 15.6. The van der Waals surface area contributed by atoms with Crippen molar-refractivity contribution in [3.05, 3.63) is 12.4 Å². The molecule has 0 aliphatic carbocycles. The van der Waals surface area contributed by atoms with Crippen LogP contribution in [0.5, 0.6) is 0 Å². The fourth-order valence-electron chi connectivity index (χ4n) is 2.93. The van der Waals surface area contributed by atoms with Crippen molar-refractivity contribution < 1.29 is 14.1 Å². The van der Waals surface area contributed by atoms with E-state index in [0.29, 0.717) is 5.25 Å². The average molecular weight is 363 g/mol. The lowest BCUT2D eigenvalue weighted by Gasteiger charge is -2.32. The van der Waals surface area contributed by atoms with E-state index in [0.717, 1.165) is 36.6 Å². The van der Waals surface area contributed by atoms with Gasteiger partial charge in [0.15, 0.2) is 5.16 Å². The number of aromatic nitrogens is 2. The molecule has 2 aliphatic rings. The van der Waals surface area contributed by atoms with Crippen molar-refractivity contribution >= 4 is 30.3 Å². The van der Waals surface area contributed by atoms with Gasteiger partial charge in [-0.1, -0.05) is 11.8 Å². The Morgan fingerprint density at radius 1 is 1.16 bits per heavy atom. The van der Waals surface area contributed by atoms with Gasteiger partial charge in [0.25, 0.3) is 0 Å². The fourth-order valence-corrected chi connectivity index (χ4v) is 3.90. The molecule has 0 radical (unpaired) electrons. The van der Waals surface area contributed by atoms with Crippen molar-refractivity contribution in [2.24, 2.45) is 0 Å². The molecule has 8 heteroatoms. The first-order chi connectivity index (χ1) is 11.7. The molecule has 0 bridgehead atoms. The van der Waals surface area contributed by atoms with Gasteiger partial charge < -0.3 is 14.2 Å². The molecule has 0 atom stereocenters. The predicted molar refractivity (Wildman–Crippen MR) is 98.9 cm³/mol. The highest BCUT2D eigenvalue weighted by molar-refractivity contribution is 7.99. The second-order valence-electron chi connectivity index (χ2n) is 7.71. The number of hydrogen-bond donors (Lipinski definition) is 0. The van der Waals surface area contributed by atoms with Crippen LogP contribution >= 0.6 is 11.8 Å². The monoisotopic (exact) mass is 363 g/mol. The van der Waals surface area contributed by atoms with Crippen LogP contribution in [-0.4, -0.2) is 57.4 Å². The summed E-state index contributed by atoms with van der Waals surface area (Å²) in [6.07, 6.45) is 5.55. The van der Waals surface area contributed by atoms with Crippen LogP contribution in [0, 0.1) is 0 Å². The number of carbonyl (C=O) groups excluding carboxylic acids is 1. The van der Waals surface area contributed by atoms with Gasteiger partial charge in [-0.2, -0.15) is 0 Å². The molecule has 3 rings (SSSR count). The smallest absolute Gasteiger partial charge is 0.399 e. The van der Waals surface area contributed by atoms with Crippen molar-refractivity contribution in [2.45, 2.75) is 69.1 Å². The number of carbonyl (C=O) groups is 1. The van der Waals surface area contributed by atoms with E-state index in [4.69, 9.17) is 9.31 Å². The molecule has 0 aromatic carbocycles. The van der Waals surface area contributed by atoms with Crippen molar-refractivity contribution in [3.63, 3.8) is 0 Å². The van der Waals surface area contributed by atoms with Crippen LogP contribution in [0.3, 0.4) is 0 Å². The first-order valence-corrected chi connectivity index (χ1v) is 9.66. The summed E-state index contributed by atoms with van der Waals surface area (Å²) in [5.74, 6) is 0.159. The van der Waals surface area contributed by atoms with E-state index in [-0.39, 0.29) is 17.1 Å². The van der Waals surface area contributed by atoms with Crippen LogP contribution in [0.4, 0.5) is 0 Å². The van der Waals surface area contributed by atoms with Gasteiger partial charge in [0.05, 0.1) is 11.2 Å². The van der Waals surface area contributed by atoms with Gasteiger partial charge in [0.2, 0.25) is 5.91 Å². The molecule has 1 aromatic rings. The molecule has 0 N–H and O–H groups in total. The molecule has 25 heavy (non-hydrogen) atoms. The van der Waals surface area contributed by atoms with Crippen LogP contribution in [-0.2, 0) is 14.1 Å². The maximum absolute atomic E-state index is 11.4. The zero-order valence-corrected chi connectivity index (χ0v) is 16.4. The van der Waals surface area contributed by atoms with E-state index in [1.165, 1.54) is 0 Å². The zero-order chi connectivity index (χ0) is 18.2. The quantitative estimate of drug-likeness (QED) is 0.604. The van der Waals surface area contributed by atoms with Crippen LogP contribution in [0.15, 0.2) is 17.6 Å². The lowest BCUT2D eigenvalue weighted by molar-refractivity contribution is -0.129. The van der Waals surface area contributed by atoms with Gasteiger partial charge in [-0.25, -0.2) is 9.97 Å². The predicted octanol–water partition coefficient (Wildman–Crippen LogP) is 1.88. The molecule has 1 aromatic heterocycles. The van der Waals surface area contributed by atoms with Gasteiger partial charge in [-0.3, -0.25) is 4.79 Å². The summed E-state index contributed by atoms with van der Waals surface area (Å²) in [5, 5.41) is 1.22. The van der Waals surface area contributed by atoms with Gasteiger partial charge in [-0.15, -0.1) is 0 Å². The number of thioether (sulfide) groups is 1. The standard InChI is InChI=1S/C17H26BN3O3S/c1-12(22)21-8-6-14(7-9-21)25-15-19-10-13(11-20-15)18-23-16(2,3)17(4,5)24-18/h10-11,14H,6-9H2,1-5H3. The van der Waals surface area contributed by atoms with Crippen LogP contribution < -0.4 is 5.46 Å². The van der Waals surface area contributed by atoms with Crippen LogP contribution in [0.25, 0.3) is 0 Å². The van der Waals surface area contributed by atoms with Crippen molar-refractivity contribution in [3.8, 4) is 0 Å². The molecule has 2 fully saturated rings. The second kappa shape index (κ2) is 6.89. The Morgan fingerprint density at radius 2 is 1.68 bits per heavy atom. The number of likely N-dealkylation sites (tertiary alicyclic amines) is 1. The van der Waals surface area contributed by atoms with Gasteiger partial charge in [0.1, 0.15) is 0 Å². The minimum Gasteiger partial charge on any atom is -0.399 e. The summed E-state index contributed by atoms with van der Waals surface area (Å²) in [7, 11) is -0.428. The van der Waals surface area contributed by atoms with Crippen LogP contribution in [0.1, 0.15) is 47.5 Å². The average Bonchev–Trinajstić information content (AvgIpc) is 2.76. The summed E-state index contributed by atoms with van der Waals surface area (Å²) < 4.78 is 12.1. The van der Waals surface area contributed by atoms with E-state index in [1.54, 1.807) is 31.1 Å². The van der Waals surface area contributed by atoms with Crippen molar-refractivity contribution in [1.29, 1.82) is 0 Å². The third kappa shape index (κ3) is 4.01. The highest BCUT2D eigenvalue weighted by Crippen LogP contribution is 2.36. The third-order valence-electron chi connectivity index (χ3n) is 5.33. The Kier molecular flexibility index (Phi) is 5.15. The summed E-state index contributed by atoms with van der Waals surface area (Å²) >= 11 is 1.69. The normalized spacial score (nSPS) is 23.1. The Hall–Kier alpha value is -1.12. The molecule has 0 unspecified atom stereocenters. The van der Waals surface area contributed by atoms with E-state index in [1.807, 2.05) is 32.6 Å². The number of hydrogen-bond acceptors (Lipinski definition) is 6. The Labute approximate surface area is 154 Å². The molecule has 0 saturated carbocycles. The third-order valence-corrected chi connectivity index (χ3v) is 6.56. The molecular formula is C17H26BN3O3S. The molecule has 3 heterocycles. The Morgan fingerprint density at radius 3 is 2.16 bits per heavy atom. The van der Waals surface area contributed by atoms with Crippen LogP contribution in [0.2, 0.25) is 0 Å². The first kappa shape index (κ1) is 18.7. The number of nitrogens with zero attached hydrogens (tertiary/aromatic N) is 3. The summed E-state index contributed by atoms with van der Waals surface area (Å²) in [5.41, 5.74) is 0.111. The van der Waals surface area contributed by atoms with Gasteiger partial charge in [-0.05, 0) is 40.5 Å². The van der Waals surface area contributed by atoms with Crippen molar-refractivity contribution in [1.82, 2.24) is 14.9 Å². The molecular weight excluding hydrogens is 337 g/mol. The second-order valence-corrected chi connectivity index (χ2v) is 8.98. The molecule has 6 nitrogen and oxygen atoms in total. The largest absolute Gasteiger partial charge is 0.498 e. The van der Waals surface area contributed by atoms with E-state index < -0.39 is 7.12 Å². The molecule has 136 valence electrons. The Bertz CT molecular complexity index is 615. The number of piperidine rings is 1. The lowest BCUT2D eigenvalue weighted by Crippen LogP contribution is -2.41. The lowest BCUT2D eigenvalue weighted by atomic mass is 9.81. The van der Waals surface area contributed by atoms with E-state index in [9.17, 15) is 4.79 Å². The van der Waals surface area contributed by atoms with Gasteiger partial charge >= 0.3 is 7.12 Å². The maximum Gasteiger partial charge on any atom is 0.498 e. The topological polar surface area (TPSA) is 64.6 Å². The van der Waals surface area contributed by atoms with Crippen molar-refractivity contribution in [2.75, 3.05) is 13.1 Å². The highest BCUT2D eigenvalue weighted by Gasteiger charge is 2.51. The SMILES string of the molecule is CC(=O)N1CCC(Sc2ncc(B3OC(C)(C)C(C)(C)O3)cn2)CC1. The van der Waals surface area contributed by atoms with E-state index in [2.05, 4.69) is 9.97 Å². The minimum absolute atomic E-state index is 0.159. The van der Waals surface area contributed by atoms with E-state index >= 15 is 0 Å². The summed E-state index contributed by atoms with van der Waals surface area (Å²) in [6.45, 7) is 11.4. The number of amides is 1. The number of rotatable bonds is 3. The first-order valence-electron chi connectivity index (χ1n) is 8.78. The van der Waals surface area contributed by atoms with Gasteiger partial charge in [0, 0.05) is 43.1 Å². The molecule has 2 saturated heterocycles. The Balaban J connectivity index is 1.58. The maximum atomic E-state index is 11.4. The molecule has 0 spiro atoms. The molecule has 1 amide bonds. The summed E-state index contributed by atoms with van der Waals surface area (Å²) in [6, 6.07) is 0. The minimum atomic E-state index is -0.428. The highest BCUT2D eigenvalue weighted by atomic mass is 32.2.